The molecule has 0 aliphatic carbocycles. The molecule has 6 aromatic rings. The highest BCUT2D eigenvalue weighted by Crippen LogP contribution is 2.39. The summed E-state index contributed by atoms with van der Waals surface area (Å²) in [6.45, 7) is 1.65. The average Bonchev–Trinajstić information content (AvgIpc) is 3.80. The Kier molecular flexibility index (Phi) is 14.2. The Morgan fingerprint density at radius 1 is 0.719 bits per heavy atom. The van der Waals surface area contributed by atoms with Gasteiger partial charge in [0.2, 0.25) is 5.91 Å². The molecule has 328 valence electrons. The standard InChI is InChI=1S/C46H43N7O11/c1-25(22-27-7-17-33(54)18-8-27)42(57)48-31-15-10-29(11-16-31)43(58)51-37(23-32-24-47-53-52-32)45(60)49-30-13-5-26(6-14-30)4-9-28-12-19-34(38(55)40(28)63-2)44(59)50-36-21-20-35(46(61)62)39(56)41(36)64-3/h5-8,10-22,24,37,54-56H,4,9,23H2,1-3H3,(H,48,57)(H,49,60)(H,50,59)(H,51,58)(H,61,62)(H,47,52,53)/b25-22+/t37-/m0/s1. The van der Waals surface area contributed by atoms with Crippen LogP contribution >= 0.6 is 0 Å². The topological polar surface area (TPSA) is 274 Å². The van der Waals surface area contributed by atoms with Crippen molar-refractivity contribution in [2.75, 3.05) is 30.2 Å². The van der Waals surface area contributed by atoms with E-state index in [0.29, 0.717) is 41.0 Å². The lowest BCUT2D eigenvalue weighted by molar-refractivity contribution is -0.118. The number of hydrogen-bond donors (Lipinski definition) is 9. The number of ether oxygens (including phenoxy) is 2. The van der Waals surface area contributed by atoms with Gasteiger partial charge in [0, 0.05) is 35.1 Å². The Hall–Kier alpha value is -8.67. The van der Waals surface area contributed by atoms with E-state index in [1.54, 1.807) is 67.6 Å². The van der Waals surface area contributed by atoms with E-state index < -0.39 is 46.8 Å². The van der Waals surface area contributed by atoms with Gasteiger partial charge in [-0.15, -0.1) is 5.10 Å². The summed E-state index contributed by atoms with van der Waals surface area (Å²) < 4.78 is 10.6. The number of aromatic carboxylic acids is 1. The highest BCUT2D eigenvalue weighted by atomic mass is 16.5. The molecular weight excluding hydrogens is 827 g/mol. The van der Waals surface area contributed by atoms with Gasteiger partial charge in [-0.1, -0.05) is 35.5 Å². The summed E-state index contributed by atoms with van der Waals surface area (Å²) in [6.07, 6.45) is 4.08. The molecule has 0 aliphatic rings. The number of methoxy groups -OCH3 is 2. The SMILES string of the molecule is COc1c(CCc2ccc(NC(=O)[C@H](Cc3c[nH]nn3)NC(=O)c3ccc(NC(=O)/C(C)=C/c4ccc(O)cc4)cc3)cc2)ccc(C(=O)Nc2ccc(C(=O)O)c(O)c2OC)c1O. The minimum atomic E-state index is -1.39. The van der Waals surface area contributed by atoms with Crippen LogP contribution in [0.2, 0.25) is 0 Å². The third-order valence-electron chi connectivity index (χ3n) is 9.92. The van der Waals surface area contributed by atoms with Crippen molar-refractivity contribution >= 4 is 52.7 Å². The van der Waals surface area contributed by atoms with Crippen LogP contribution in [0, 0.1) is 0 Å². The maximum atomic E-state index is 13.6. The molecule has 4 amide bonds. The summed E-state index contributed by atoms with van der Waals surface area (Å²) in [5.41, 5.74) is 3.62. The molecule has 0 saturated carbocycles. The third-order valence-corrected chi connectivity index (χ3v) is 9.92. The Balaban J connectivity index is 1.06. The third kappa shape index (κ3) is 11.0. The van der Waals surface area contributed by atoms with Crippen molar-refractivity contribution in [3.63, 3.8) is 0 Å². The Labute approximate surface area is 365 Å². The molecule has 64 heavy (non-hydrogen) atoms. The number of carboxylic acids is 1. The summed E-state index contributed by atoms with van der Waals surface area (Å²) in [6, 6.07) is 23.9. The molecule has 1 aromatic heterocycles. The van der Waals surface area contributed by atoms with Crippen LogP contribution in [-0.2, 0) is 28.9 Å². The number of carbonyl (C=O) groups excluding carboxylic acids is 4. The number of carboxylic acid groups (broad SMARTS) is 1. The molecule has 0 unspecified atom stereocenters. The van der Waals surface area contributed by atoms with Gasteiger partial charge in [-0.3, -0.25) is 24.3 Å². The van der Waals surface area contributed by atoms with Crippen molar-refractivity contribution < 1.29 is 53.9 Å². The molecule has 1 heterocycles. The van der Waals surface area contributed by atoms with E-state index in [1.807, 2.05) is 0 Å². The minimum absolute atomic E-state index is 0.0216. The molecule has 0 bridgehead atoms. The molecule has 0 spiro atoms. The number of nitrogens with one attached hydrogen (secondary N) is 5. The normalized spacial score (nSPS) is 11.5. The number of phenols is 3. The second-order valence-electron chi connectivity index (χ2n) is 14.3. The van der Waals surface area contributed by atoms with Gasteiger partial charge in [0.1, 0.15) is 17.4 Å². The molecule has 1 atom stereocenters. The highest BCUT2D eigenvalue weighted by Gasteiger charge is 2.25. The van der Waals surface area contributed by atoms with Gasteiger partial charge in [-0.2, -0.15) is 0 Å². The van der Waals surface area contributed by atoms with Crippen molar-refractivity contribution in [2.24, 2.45) is 0 Å². The maximum Gasteiger partial charge on any atom is 0.339 e. The number of phenolic OH excluding ortho intramolecular Hbond substituents is 2. The molecule has 0 radical (unpaired) electrons. The lowest BCUT2D eigenvalue weighted by atomic mass is 10.0. The number of rotatable bonds is 17. The molecule has 18 heteroatoms. The van der Waals surface area contributed by atoms with Crippen LogP contribution in [0.3, 0.4) is 0 Å². The predicted octanol–water partition coefficient (Wildman–Crippen LogP) is 5.70. The molecule has 9 N–H and O–H groups in total. The van der Waals surface area contributed by atoms with Crippen LogP contribution in [0.25, 0.3) is 6.08 Å². The van der Waals surface area contributed by atoms with Crippen LogP contribution in [0.4, 0.5) is 17.1 Å². The average molecular weight is 870 g/mol. The van der Waals surface area contributed by atoms with Gasteiger partial charge >= 0.3 is 5.97 Å². The molecule has 0 saturated heterocycles. The maximum absolute atomic E-state index is 13.6. The second kappa shape index (κ2) is 20.3. The van der Waals surface area contributed by atoms with E-state index in [9.17, 15) is 44.4 Å². The number of amides is 4. The number of anilines is 3. The fourth-order valence-corrected chi connectivity index (χ4v) is 6.53. The Morgan fingerprint density at radius 2 is 1.36 bits per heavy atom. The van der Waals surface area contributed by atoms with Crippen LogP contribution in [0.1, 0.15) is 60.4 Å². The van der Waals surface area contributed by atoms with Crippen LogP contribution in [0.15, 0.2) is 109 Å². The van der Waals surface area contributed by atoms with E-state index in [2.05, 4.69) is 36.7 Å². The molecule has 18 nitrogen and oxygen atoms in total. The van der Waals surface area contributed by atoms with Gasteiger partial charge in [-0.05, 0) is 109 Å². The summed E-state index contributed by atoms with van der Waals surface area (Å²) in [5.74, 6) is -4.74. The van der Waals surface area contributed by atoms with Gasteiger partial charge in [0.25, 0.3) is 17.7 Å². The largest absolute Gasteiger partial charge is 0.508 e. The number of benzene rings is 5. The second-order valence-corrected chi connectivity index (χ2v) is 14.3. The predicted molar refractivity (Wildman–Crippen MR) is 235 cm³/mol. The molecule has 5 aromatic carbocycles. The lowest BCUT2D eigenvalue weighted by Gasteiger charge is -2.18. The minimum Gasteiger partial charge on any atom is -0.508 e. The van der Waals surface area contributed by atoms with Crippen LogP contribution in [-0.4, -0.2) is 85.7 Å². The Bertz CT molecular complexity index is 2700. The summed E-state index contributed by atoms with van der Waals surface area (Å²) in [4.78, 5) is 64.3. The van der Waals surface area contributed by atoms with Gasteiger partial charge in [0.15, 0.2) is 23.0 Å². The Morgan fingerprint density at radius 3 is 2.00 bits per heavy atom. The monoisotopic (exact) mass is 869 g/mol. The van der Waals surface area contributed by atoms with E-state index in [-0.39, 0.29) is 46.4 Å². The first-order valence-electron chi connectivity index (χ1n) is 19.5. The van der Waals surface area contributed by atoms with Crippen LogP contribution < -0.4 is 30.7 Å². The number of hydrogen-bond acceptors (Lipinski definition) is 12. The van der Waals surface area contributed by atoms with Gasteiger partial charge < -0.3 is 51.2 Å². The number of aryl methyl sites for hydroxylation is 2. The number of aromatic amines is 1. The summed E-state index contributed by atoms with van der Waals surface area (Å²) >= 11 is 0. The van der Waals surface area contributed by atoms with E-state index >= 15 is 0 Å². The number of aromatic nitrogens is 3. The fourth-order valence-electron chi connectivity index (χ4n) is 6.53. The lowest BCUT2D eigenvalue weighted by Crippen LogP contribution is -2.45. The first-order chi connectivity index (χ1) is 30.7. The van der Waals surface area contributed by atoms with Crippen molar-refractivity contribution in [1.29, 1.82) is 0 Å². The number of H-pyrrole nitrogens is 1. The van der Waals surface area contributed by atoms with Gasteiger partial charge in [0.05, 0.1) is 31.2 Å². The van der Waals surface area contributed by atoms with Crippen molar-refractivity contribution in [3.8, 4) is 28.7 Å². The van der Waals surface area contributed by atoms with Crippen molar-refractivity contribution in [3.05, 3.63) is 148 Å². The van der Waals surface area contributed by atoms with Crippen LogP contribution in [0.5, 0.6) is 28.7 Å². The molecule has 0 aliphatic heterocycles. The quantitative estimate of drug-likeness (QED) is 0.0499. The first-order valence-corrected chi connectivity index (χ1v) is 19.5. The zero-order valence-electron chi connectivity index (χ0n) is 34.6. The first kappa shape index (κ1) is 44.9. The zero-order chi connectivity index (χ0) is 45.9. The highest BCUT2D eigenvalue weighted by molar-refractivity contribution is 6.09. The van der Waals surface area contributed by atoms with E-state index in [4.69, 9.17) is 9.47 Å². The van der Waals surface area contributed by atoms with E-state index in [0.717, 1.165) is 17.2 Å². The number of carbonyl (C=O) groups is 5. The molecule has 0 fully saturated rings. The number of aromatic hydroxyl groups is 3. The van der Waals surface area contributed by atoms with E-state index in [1.165, 1.54) is 56.8 Å². The summed E-state index contributed by atoms with van der Waals surface area (Å²) in [5, 5.41) is 61.3. The molecular formula is C46H43N7O11. The van der Waals surface area contributed by atoms with Crippen molar-refractivity contribution in [1.82, 2.24) is 20.7 Å². The van der Waals surface area contributed by atoms with Gasteiger partial charge in [-0.25, -0.2) is 4.79 Å². The van der Waals surface area contributed by atoms with Crippen molar-refractivity contribution in [2.45, 2.75) is 32.2 Å². The smallest absolute Gasteiger partial charge is 0.339 e. The summed E-state index contributed by atoms with van der Waals surface area (Å²) in [7, 11) is 2.55. The zero-order valence-corrected chi connectivity index (χ0v) is 34.6. The number of nitrogens with zero attached hydrogens (tertiary/aromatic N) is 2. The molecule has 6 rings (SSSR count). The fraction of sp³-hybridized carbons (Fsp3) is 0.152.